The summed E-state index contributed by atoms with van der Waals surface area (Å²) >= 11 is 0. The highest BCUT2D eigenvalue weighted by molar-refractivity contribution is 5.92. The van der Waals surface area contributed by atoms with Crippen molar-refractivity contribution in [2.24, 2.45) is 5.92 Å². The predicted molar refractivity (Wildman–Crippen MR) is 83.5 cm³/mol. The zero-order chi connectivity index (χ0) is 15.1. The number of ether oxygens (including phenoxy) is 1. The molecule has 0 aliphatic carbocycles. The first kappa shape index (κ1) is 16.0. The van der Waals surface area contributed by atoms with Crippen LogP contribution in [0.5, 0.6) is 0 Å². The molecule has 1 saturated heterocycles. The first-order valence-corrected chi connectivity index (χ1v) is 7.90. The van der Waals surface area contributed by atoms with Gasteiger partial charge in [-0.15, -0.1) is 0 Å². The number of piperidine rings is 1. The van der Waals surface area contributed by atoms with Crippen LogP contribution in [-0.2, 0) is 11.3 Å². The molecule has 0 aromatic carbocycles. The Morgan fingerprint density at radius 1 is 1.48 bits per heavy atom. The first-order valence-electron chi connectivity index (χ1n) is 7.90. The van der Waals surface area contributed by atoms with Gasteiger partial charge in [0, 0.05) is 32.9 Å². The molecule has 2 rings (SSSR count). The highest BCUT2D eigenvalue weighted by Gasteiger charge is 2.22. The molecule has 21 heavy (non-hydrogen) atoms. The fraction of sp³-hybridized carbons (Fsp3) is 0.688. The van der Waals surface area contributed by atoms with Crippen molar-refractivity contribution in [1.29, 1.82) is 0 Å². The standard InChI is InChI=1S/C16H27N3O2/c1-3-18(13-14-6-8-17-9-7-14)16(20)15-5-4-10-19(15)11-12-21-2/h4-5,10,14,17H,3,6-9,11-13H2,1-2H3. The normalized spacial score (nSPS) is 16.1. The molecule has 0 radical (unpaired) electrons. The Hall–Kier alpha value is -1.33. The van der Waals surface area contributed by atoms with E-state index in [1.54, 1.807) is 7.11 Å². The maximum atomic E-state index is 12.7. The number of carbonyl (C=O) groups is 1. The number of aromatic nitrogens is 1. The molecule has 0 bridgehead atoms. The second-order valence-electron chi connectivity index (χ2n) is 5.62. The van der Waals surface area contributed by atoms with E-state index in [0.717, 1.165) is 51.3 Å². The number of nitrogens with zero attached hydrogens (tertiary/aromatic N) is 2. The van der Waals surface area contributed by atoms with Crippen LogP contribution in [0.2, 0.25) is 0 Å². The number of nitrogens with one attached hydrogen (secondary N) is 1. The number of hydrogen-bond donors (Lipinski definition) is 1. The SMILES string of the molecule is CCN(CC1CCNCC1)C(=O)c1cccn1CCOC. The van der Waals surface area contributed by atoms with Crippen molar-refractivity contribution in [3.63, 3.8) is 0 Å². The fourth-order valence-electron chi connectivity index (χ4n) is 2.89. The molecule has 0 spiro atoms. The molecule has 2 heterocycles. The molecule has 1 N–H and O–H groups in total. The highest BCUT2D eigenvalue weighted by atomic mass is 16.5. The van der Waals surface area contributed by atoms with Gasteiger partial charge in [0.2, 0.25) is 0 Å². The lowest BCUT2D eigenvalue weighted by atomic mass is 9.97. The van der Waals surface area contributed by atoms with E-state index in [9.17, 15) is 4.79 Å². The molecular formula is C16H27N3O2. The lowest BCUT2D eigenvalue weighted by molar-refractivity contribution is 0.0713. The molecule has 1 amide bonds. The van der Waals surface area contributed by atoms with Gasteiger partial charge in [0.05, 0.1) is 6.61 Å². The maximum Gasteiger partial charge on any atom is 0.270 e. The minimum absolute atomic E-state index is 0.136. The molecule has 1 fully saturated rings. The maximum absolute atomic E-state index is 12.7. The molecule has 0 unspecified atom stereocenters. The summed E-state index contributed by atoms with van der Waals surface area (Å²) in [5.41, 5.74) is 0.767. The van der Waals surface area contributed by atoms with Crippen LogP contribution < -0.4 is 5.32 Å². The van der Waals surface area contributed by atoms with E-state index in [1.807, 2.05) is 27.8 Å². The summed E-state index contributed by atoms with van der Waals surface area (Å²) in [6, 6.07) is 3.84. The number of hydrogen-bond acceptors (Lipinski definition) is 3. The zero-order valence-corrected chi connectivity index (χ0v) is 13.2. The average Bonchev–Trinajstić information content (AvgIpc) is 2.99. The summed E-state index contributed by atoms with van der Waals surface area (Å²) in [5.74, 6) is 0.759. The highest BCUT2D eigenvalue weighted by Crippen LogP contribution is 2.15. The van der Waals surface area contributed by atoms with Crippen LogP contribution >= 0.6 is 0 Å². The summed E-state index contributed by atoms with van der Waals surface area (Å²) in [6.07, 6.45) is 4.27. The Bertz CT molecular complexity index is 438. The molecule has 0 atom stereocenters. The summed E-state index contributed by atoms with van der Waals surface area (Å²) in [5, 5.41) is 3.37. The smallest absolute Gasteiger partial charge is 0.270 e. The fourth-order valence-corrected chi connectivity index (χ4v) is 2.89. The van der Waals surface area contributed by atoms with Gasteiger partial charge >= 0.3 is 0 Å². The van der Waals surface area contributed by atoms with Crippen LogP contribution in [0.4, 0.5) is 0 Å². The van der Waals surface area contributed by atoms with Crippen LogP contribution in [0.25, 0.3) is 0 Å². The average molecular weight is 293 g/mol. The Morgan fingerprint density at radius 2 is 2.24 bits per heavy atom. The van der Waals surface area contributed by atoms with E-state index in [-0.39, 0.29) is 5.91 Å². The van der Waals surface area contributed by atoms with Crippen molar-refractivity contribution in [3.8, 4) is 0 Å². The van der Waals surface area contributed by atoms with Crippen molar-refractivity contribution < 1.29 is 9.53 Å². The van der Waals surface area contributed by atoms with Gasteiger partial charge in [-0.25, -0.2) is 0 Å². The molecule has 1 aliphatic rings. The zero-order valence-electron chi connectivity index (χ0n) is 13.2. The monoisotopic (exact) mass is 293 g/mol. The van der Waals surface area contributed by atoms with Crippen LogP contribution in [-0.4, -0.2) is 55.3 Å². The summed E-state index contributed by atoms with van der Waals surface area (Å²) in [4.78, 5) is 14.7. The van der Waals surface area contributed by atoms with Gasteiger partial charge in [-0.1, -0.05) is 0 Å². The second kappa shape index (κ2) is 8.20. The van der Waals surface area contributed by atoms with Crippen molar-refractivity contribution in [3.05, 3.63) is 24.0 Å². The number of rotatable bonds is 7. The van der Waals surface area contributed by atoms with E-state index < -0.39 is 0 Å². The summed E-state index contributed by atoms with van der Waals surface area (Å²) in [7, 11) is 1.68. The molecule has 5 nitrogen and oxygen atoms in total. The van der Waals surface area contributed by atoms with Gasteiger partial charge in [-0.2, -0.15) is 0 Å². The molecule has 1 aliphatic heterocycles. The lowest BCUT2D eigenvalue weighted by Gasteiger charge is -2.29. The number of methoxy groups -OCH3 is 1. The summed E-state index contributed by atoms with van der Waals surface area (Å²) in [6.45, 7) is 7.16. The molecule has 1 aromatic heterocycles. The Labute approximate surface area is 127 Å². The largest absolute Gasteiger partial charge is 0.383 e. The van der Waals surface area contributed by atoms with Crippen LogP contribution in [0, 0.1) is 5.92 Å². The van der Waals surface area contributed by atoms with E-state index in [4.69, 9.17) is 4.74 Å². The Morgan fingerprint density at radius 3 is 2.90 bits per heavy atom. The van der Waals surface area contributed by atoms with E-state index in [0.29, 0.717) is 12.5 Å². The molecule has 0 saturated carbocycles. The first-order chi connectivity index (χ1) is 10.3. The minimum atomic E-state index is 0.136. The molecular weight excluding hydrogens is 266 g/mol. The number of amides is 1. The molecule has 1 aromatic rings. The third-order valence-electron chi connectivity index (χ3n) is 4.19. The van der Waals surface area contributed by atoms with Gasteiger partial charge in [0.1, 0.15) is 5.69 Å². The van der Waals surface area contributed by atoms with Gasteiger partial charge in [-0.05, 0) is 50.9 Å². The summed E-state index contributed by atoms with van der Waals surface area (Å²) < 4.78 is 7.09. The van der Waals surface area contributed by atoms with Crippen molar-refractivity contribution in [1.82, 2.24) is 14.8 Å². The van der Waals surface area contributed by atoms with E-state index in [2.05, 4.69) is 12.2 Å². The van der Waals surface area contributed by atoms with Crippen molar-refractivity contribution in [2.45, 2.75) is 26.3 Å². The topological polar surface area (TPSA) is 46.5 Å². The van der Waals surface area contributed by atoms with Crippen LogP contribution in [0.15, 0.2) is 18.3 Å². The quantitative estimate of drug-likeness (QED) is 0.830. The van der Waals surface area contributed by atoms with Crippen LogP contribution in [0.3, 0.4) is 0 Å². The molecule has 5 heteroatoms. The van der Waals surface area contributed by atoms with Gasteiger partial charge in [-0.3, -0.25) is 4.79 Å². The van der Waals surface area contributed by atoms with Crippen molar-refractivity contribution in [2.75, 3.05) is 39.9 Å². The van der Waals surface area contributed by atoms with Gasteiger partial charge in [0.25, 0.3) is 5.91 Å². The third kappa shape index (κ3) is 4.32. The minimum Gasteiger partial charge on any atom is -0.383 e. The number of carbonyl (C=O) groups excluding carboxylic acids is 1. The second-order valence-corrected chi connectivity index (χ2v) is 5.62. The van der Waals surface area contributed by atoms with Gasteiger partial charge in [0.15, 0.2) is 0 Å². The molecule has 118 valence electrons. The van der Waals surface area contributed by atoms with Crippen molar-refractivity contribution >= 4 is 5.91 Å². The Kier molecular flexibility index (Phi) is 6.26. The van der Waals surface area contributed by atoms with E-state index in [1.165, 1.54) is 0 Å². The third-order valence-corrected chi connectivity index (χ3v) is 4.19. The van der Waals surface area contributed by atoms with Crippen LogP contribution in [0.1, 0.15) is 30.3 Å². The lowest BCUT2D eigenvalue weighted by Crippen LogP contribution is -2.40. The van der Waals surface area contributed by atoms with Gasteiger partial charge < -0.3 is 19.5 Å². The Balaban J connectivity index is 2.00. The van der Waals surface area contributed by atoms with E-state index >= 15 is 0 Å². The predicted octanol–water partition coefficient (Wildman–Crippen LogP) is 1.60.